The van der Waals surface area contributed by atoms with Crippen LogP contribution < -0.4 is 0 Å². The molecule has 0 aromatic heterocycles. The molecule has 0 saturated heterocycles. The maximum atomic E-state index is 12.2. The molecule has 0 aromatic carbocycles. The van der Waals surface area contributed by atoms with Gasteiger partial charge >= 0.3 is 23.3 Å². The molecule has 0 heterocycles. The highest BCUT2D eigenvalue weighted by molar-refractivity contribution is 7.86. The number of rotatable bonds is 4. The van der Waals surface area contributed by atoms with Crippen molar-refractivity contribution in [1.29, 1.82) is 0 Å². The smallest absolute Gasteiger partial charge is 0.460 e. The number of quaternary nitrogens is 1. The van der Waals surface area contributed by atoms with E-state index in [0.29, 0.717) is 0 Å². The van der Waals surface area contributed by atoms with E-state index < -0.39 is 33.4 Å². The van der Waals surface area contributed by atoms with Crippen LogP contribution in [0.1, 0.15) is 13.8 Å². The second-order valence-electron chi connectivity index (χ2n) is 5.83. The summed E-state index contributed by atoms with van der Waals surface area (Å²) in [6, 6.07) is 0.736. The summed E-state index contributed by atoms with van der Waals surface area (Å²) in [5.41, 5.74) is 0. The number of hydrogen-bond donors (Lipinski definition) is 0. The molecule has 0 unspecified atom stereocenters. The van der Waals surface area contributed by atoms with E-state index in [-0.39, 0.29) is 0 Å². The minimum atomic E-state index is -7.43. The lowest BCUT2D eigenvalue weighted by molar-refractivity contribution is -0.891. The molecule has 0 bridgehead atoms. The summed E-state index contributed by atoms with van der Waals surface area (Å²) in [6.07, 6.45) is -7.16. The average Bonchev–Trinajstić information content (AvgIpc) is 2.24. The van der Waals surface area contributed by atoms with Crippen molar-refractivity contribution in [1.82, 2.24) is 0 Å². The van der Waals surface area contributed by atoms with Crippen LogP contribution in [-0.4, -0.2) is 67.9 Å². The van der Waals surface area contributed by atoms with Crippen LogP contribution in [0.3, 0.4) is 0 Å². The Morgan fingerprint density at radius 3 is 1.17 bits per heavy atom. The Balaban J connectivity index is 0. The summed E-state index contributed by atoms with van der Waals surface area (Å²) in [6.45, 7) is 4.44. The van der Waals surface area contributed by atoms with E-state index in [4.69, 9.17) is 0 Å². The Labute approximate surface area is 132 Å². The second-order valence-corrected chi connectivity index (χ2v) is 7.25. The zero-order valence-electron chi connectivity index (χ0n) is 13.1. The van der Waals surface area contributed by atoms with Crippen LogP contribution in [0.2, 0.25) is 0 Å². The van der Waals surface area contributed by atoms with E-state index in [1.165, 1.54) is 0 Å². The Bertz CT molecular complexity index is 521. The van der Waals surface area contributed by atoms with E-state index in [2.05, 4.69) is 35.0 Å². The van der Waals surface area contributed by atoms with Gasteiger partial charge in [-0.15, -0.1) is 0 Å². The van der Waals surface area contributed by atoms with Gasteiger partial charge in [0, 0.05) is 0 Å². The summed E-state index contributed by atoms with van der Waals surface area (Å²) in [5.74, 6) is -14.8. The molecular formula is C10H16F9NO3S. The van der Waals surface area contributed by atoms with E-state index >= 15 is 0 Å². The van der Waals surface area contributed by atoms with Gasteiger partial charge in [0.1, 0.15) is 0 Å². The lowest BCUT2D eigenvalue weighted by Gasteiger charge is -2.34. The first-order valence-corrected chi connectivity index (χ1v) is 7.32. The molecule has 0 aliphatic carbocycles. The highest BCUT2D eigenvalue weighted by Gasteiger charge is 2.83. The van der Waals surface area contributed by atoms with Gasteiger partial charge in [0.25, 0.3) is 0 Å². The van der Waals surface area contributed by atoms with Gasteiger partial charge in [-0.05, 0) is 13.8 Å². The maximum absolute atomic E-state index is 12.2. The minimum absolute atomic E-state index is 0.736. The molecule has 0 rings (SSSR count). The van der Waals surface area contributed by atoms with Crippen LogP contribution in [0, 0.1) is 0 Å². The normalized spacial score (nSPS) is 15.2. The number of alkyl halides is 9. The molecule has 0 atom stereocenters. The van der Waals surface area contributed by atoms with Gasteiger partial charge < -0.3 is 9.04 Å². The molecule has 0 radical (unpaired) electrons. The quantitative estimate of drug-likeness (QED) is 0.413. The molecule has 0 fully saturated rings. The summed E-state index contributed by atoms with van der Waals surface area (Å²) < 4.78 is 136. The Morgan fingerprint density at radius 1 is 0.792 bits per heavy atom. The van der Waals surface area contributed by atoms with E-state index in [1.807, 2.05) is 0 Å². The number of hydrogen-bond acceptors (Lipinski definition) is 3. The highest BCUT2D eigenvalue weighted by atomic mass is 32.2. The lowest BCUT2D eigenvalue weighted by atomic mass is 10.1. The van der Waals surface area contributed by atoms with Crippen LogP contribution in [0.4, 0.5) is 39.5 Å². The lowest BCUT2D eigenvalue weighted by Crippen LogP contribution is -2.63. The fourth-order valence-electron chi connectivity index (χ4n) is 0.518. The first-order valence-electron chi connectivity index (χ1n) is 5.91. The first-order chi connectivity index (χ1) is 9.94. The standard InChI is InChI=1S/C6H16N.C4HF9O3S/c1-6(2)7(3,4)5;5-1(6,3(9,10)11)2(7,8)4(12,13)17(14,15)16/h6H,1-5H3;(H,14,15,16)/q+1;/p-1. The molecule has 148 valence electrons. The molecule has 0 amide bonds. The van der Waals surface area contributed by atoms with Crippen molar-refractivity contribution in [3.05, 3.63) is 0 Å². The maximum Gasteiger partial charge on any atom is 0.460 e. The molecular weight excluding hydrogens is 385 g/mol. The predicted molar refractivity (Wildman–Crippen MR) is 63.8 cm³/mol. The minimum Gasteiger partial charge on any atom is -0.743 e. The van der Waals surface area contributed by atoms with E-state index in [0.717, 1.165) is 10.5 Å². The van der Waals surface area contributed by atoms with Crippen LogP contribution in [-0.2, 0) is 10.1 Å². The van der Waals surface area contributed by atoms with Crippen molar-refractivity contribution in [2.75, 3.05) is 21.1 Å². The predicted octanol–water partition coefficient (Wildman–Crippen LogP) is 3.06. The monoisotopic (exact) mass is 401 g/mol. The van der Waals surface area contributed by atoms with Gasteiger partial charge in [-0.1, -0.05) is 0 Å². The second kappa shape index (κ2) is 6.86. The summed E-state index contributed by atoms with van der Waals surface area (Å²) in [4.78, 5) is 0. The van der Waals surface area contributed by atoms with Crippen LogP contribution in [0.5, 0.6) is 0 Å². The van der Waals surface area contributed by atoms with Gasteiger partial charge in [0.05, 0.1) is 27.2 Å². The zero-order valence-corrected chi connectivity index (χ0v) is 13.9. The molecule has 0 aromatic rings. The largest absolute Gasteiger partial charge is 0.743 e. The van der Waals surface area contributed by atoms with Crippen molar-refractivity contribution in [2.45, 2.75) is 43.2 Å². The van der Waals surface area contributed by atoms with Gasteiger partial charge in [-0.3, -0.25) is 0 Å². The van der Waals surface area contributed by atoms with Crippen molar-refractivity contribution in [2.24, 2.45) is 0 Å². The van der Waals surface area contributed by atoms with Crippen molar-refractivity contribution in [3.63, 3.8) is 0 Å². The molecule has 0 N–H and O–H groups in total. The first kappa shape index (κ1) is 25.5. The van der Waals surface area contributed by atoms with Gasteiger partial charge in [-0.2, -0.15) is 39.5 Å². The fraction of sp³-hybridized carbons (Fsp3) is 1.00. The molecule has 0 saturated carbocycles. The van der Waals surface area contributed by atoms with Crippen molar-refractivity contribution in [3.8, 4) is 0 Å². The van der Waals surface area contributed by atoms with Crippen LogP contribution >= 0.6 is 0 Å². The van der Waals surface area contributed by atoms with E-state index in [1.54, 1.807) is 0 Å². The van der Waals surface area contributed by atoms with Crippen LogP contribution in [0.15, 0.2) is 0 Å². The summed E-state index contributed by atoms with van der Waals surface area (Å²) >= 11 is 0. The van der Waals surface area contributed by atoms with Gasteiger partial charge in [-0.25, -0.2) is 8.42 Å². The van der Waals surface area contributed by atoms with Gasteiger partial charge in [0.2, 0.25) is 0 Å². The molecule has 0 spiro atoms. The van der Waals surface area contributed by atoms with Gasteiger partial charge in [0.15, 0.2) is 10.1 Å². The average molecular weight is 401 g/mol. The van der Waals surface area contributed by atoms with Crippen molar-refractivity contribution < 1.29 is 57.0 Å². The molecule has 14 heteroatoms. The highest BCUT2D eigenvalue weighted by Crippen LogP contribution is 2.54. The Morgan fingerprint density at radius 2 is 1.04 bits per heavy atom. The zero-order chi connectivity index (χ0) is 20.6. The third-order valence-corrected chi connectivity index (χ3v) is 3.86. The topological polar surface area (TPSA) is 57.2 Å². The van der Waals surface area contributed by atoms with Crippen molar-refractivity contribution >= 4 is 10.1 Å². The summed E-state index contributed by atoms with van der Waals surface area (Å²) in [7, 11) is -0.820. The Kier molecular flexibility index (Phi) is 7.28. The van der Waals surface area contributed by atoms with Crippen LogP contribution in [0.25, 0.3) is 0 Å². The summed E-state index contributed by atoms with van der Waals surface area (Å²) in [5, 5.41) is -7.11. The molecule has 4 nitrogen and oxygen atoms in total. The number of nitrogens with zero attached hydrogens (tertiary/aromatic N) is 1. The Hall–Kier alpha value is -0.760. The molecule has 0 aliphatic rings. The number of halogens is 9. The van der Waals surface area contributed by atoms with E-state index in [9.17, 15) is 52.5 Å². The molecule has 24 heavy (non-hydrogen) atoms. The third-order valence-electron chi connectivity index (χ3n) is 2.98. The SMILES string of the molecule is CC(C)[N+](C)(C)C.O=S(=O)([O-])C(F)(F)C(F)(F)C(F)(F)C(F)(F)F. The fourth-order valence-corrected chi connectivity index (χ4v) is 0.960. The molecule has 0 aliphatic heterocycles. The third kappa shape index (κ3) is 5.12.